The van der Waals surface area contributed by atoms with Crippen LogP contribution in [0.15, 0.2) is 49.1 Å². The van der Waals surface area contributed by atoms with E-state index in [2.05, 4.69) is 71.2 Å². The maximum absolute atomic E-state index is 3.00. The molecule has 0 saturated heterocycles. The standard InChI is InChI=1S/C16H26.C8H14.C2H6.C2H4.CH4/c1-3-7-14-8-6-9-15(12-14)13-16(2)10-4-5-11-16;1-7(2)8-5-3-4-6-8;2*1-2;/h3,7,12,14H,4-6,8-11,13H2,1-2H3;3-4,7-8H,5-6H2,1-2H3;1-2H3;1-2H2;1H4/b7-3+;;;;. The molecule has 0 aliphatic heterocycles. The molecule has 3 rings (SSSR count). The topological polar surface area (TPSA) is 0 Å². The molecule has 0 spiro atoms. The molecule has 0 heteroatoms. The molecule has 0 aromatic heterocycles. The third-order valence-electron chi connectivity index (χ3n) is 6.38. The van der Waals surface area contributed by atoms with Gasteiger partial charge in [-0.15, -0.1) is 13.2 Å². The van der Waals surface area contributed by atoms with Crippen molar-refractivity contribution < 1.29 is 0 Å². The van der Waals surface area contributed by atoms with Crippen LogP contribution in [0.3, 0.4) is 0 Å². The van der Waals surface area contributed by atoms with Gasteiger partial charge in [-0.2, -0.15) is 0 Å². The van der Waals surface area contributed by atoms with E-state index in [0.717, 1.165) is 17.8 Å². The summed E-state index contributed by atoms with van der Waals surface area (Å²) < 4.78 is 0. The molecular formula is C29H54. The van der Waals surface area contributed by atoms with Crippen molar-refractivity contribution in [3.8, 4) is 0 Å². The summed E-state index contributed by atoms with van der Waals surface area (Å²) in [6, 6.07) is 0. The van der Waals surface area contributed by atoms with Crippen molar-refractivity contribution in [2.75, 3.05) is 0 Å². The molecule has 1 saturated carbocycles. The largest absolute Gasteiger partial charge is 0.106 e. The first-order valence-corrected chi connectivity index (χ1v) is 12.0. The highest BCUT2D eigenvalue weighted by Crippen LogP contribution is 2.44. The Bertz CT molecular complexity index is 448. The van der Waals surface area contributed by atoms with Gasteiger partial charge in [0.05, 0.1) is 0 Å². The first-order valence-electron chi connectivity index (χ1n) is 12.0. The van der Waals surface area contributed by atoms with Gasteiger partial charge in [-0.25, -0.2) is 0 Å². The van der Waals surface area contributed by atoms with E-state index in [-0.39, 0.29) is 7.43 Å². The van der Waals surface area contributed by atoms with Crippen molar-refractivity contribution in [1.82, 2.24) is 0 Å². The summed E-state index contributed by atoms with van der Waals surface area (Å²) in [4.78, 5) is 0. The summed E-state index contributed by atoms with van der Waals surface area (Å²) >= 11 is 0. The van der Waals surface area contributed by atoms with E-state index in [9.17, 15) is 0 Å². The minimum atomic E-state index is 0. The van der Waals surface area contributed by atoms with Crippen LogP contribution >= 0.6 is 0 Å². The van der Waals surface area contributed by atoms with Gasteiger partial charge in [-0.1, -0.05) is 90.8 Å². The number of hydrogen-bond donors (Lipinski definition) is 0. The zero-order valence-corrected chi connectivity index (χ0v) is 20.1. The average Bonchev–Trinajstić information content (AvgIpc) is 3.38. The van der Waals surface area contributed by atoms with Crippen LogP contribution in [0.1, 0.15) is 113 Å². The molecule has 29 heavy (non-hydrogen) atoms. The maximum Gasteiger partial charge on any atom is -0.00508 e. The summed E-state index contributed by atoms with van der Waals surface area (Å²) in [6.45, 7) is 19.2. The van der Waals surface area contributed by atoms with Crippen molar-refractivity contribution in [3.63, 3.8) is 0 Å². The normalized spacial score (nSPS) is 22.4. The summed E-state index contributed by atoms with van der Waals surface area (Å²) in [6.07, 6.45) is 25.7. The van der Waals surface area contributed by atoms with Crippen LogP contribution in [0.2, 0.25) is 0 Å². The molecule has 170 valence electrons. The van der Waals surface area contributed by atoms with Gasteiger partial charge in [0, 0.05) is 0 Å². The van der Waals surface area contributed by atoms with Crippen molar-refractivity contribution >= 4 is 0 Å². The fourth-order valence-corrected chi connectivity index (χ4v) is 4.72. The Balaban J connectivity index is 0. The van der Waals surface area contributed by atoms with Crippen LogP contribution in [0, 0.1) is 23.2 Å². The Hall–Kier alpha value is -1.04. The quantitative estimate of drug-likeness (QED) is 0.410. The van der Waals surface area contributed by atoms with Gasteiger partial charge in [0.1, 0.15) is 0 Å². The molecule has 0 nitrogen and oxygen atoms in total. The van der Waals surface area contributed by atoms with Crippen molar-refractivity contribution in [1.29, 1.82) is 0 Å². The molecule has 0 radical (unpaired) electrons. The number of hydrogen-bond acceptors (Lipinski definition) is 0. The van der Waals surface area contributed by atoms with Crippen molar-refractivity contribution in [3.05, 3.63) is 49.1 Å². The first kappa shape index (κ1) is 30.2. The lowest BCUT2D eigenvalue weighted by molar-refractivity contribution is 0.325. The Morgan fingerprint density at radius 2 is 1.62 bits per heavy atom. The van der Waals surface area contributed by atoms with Crippen LogP contribution in [0.5, 0.6) is 0 Å². The van der Waals surface area contributed by atoms with Gasteiger partial charge in [0.2, 0.25) is 0 Å². The second-order valence-electron chi connectivity index (χ2n) is 9.05. The third kappa shape index (κ3) is 12.3. The third-order valence-corrected chi connectivity index (χ3v) is 6.38. The number of rotatable bonds is 4. The van der Waals surface area contributed by atoms with Crippen LogP contribution in [-0.2, 0) is 0 Å². The maximum atomic E-state index is 3.00. The van der Waals surface area contributed by atoms with Gasteiger partial charge >= 0.3 is 0 Å². The lowest BCUT2D eigenvalue weighted by atomic mass is 9.78. The summed E-state index contributed by atoms with van der Waals surface area (Å²) in [5.74, 6) is 2.57. The van der Waals surface area contributed by atoms with Crippen LogP contribution < -0.4 is 0 Å². The van der Waals surface area contributed by atoms with Crippen LogP contribution in [0.4, 0.5) is 0 Å². The zero-order chi connectivity index (χ0) is 21.4. The smallest absolute Gasteiger partial charge is 0.00508 e. The molecule has 1 fully saturated rings. The Morgan fingerprint density at radius 3 is 2.07 bits per heavy atom. The zero-order valence-electron chi connectivity index (χ0n) is 20.1. The predicted octanol–water partition coefficient (Wildman–Crippen LogP) is 10.3. The summed E-state index contributed by atoms with van der Waals surface area (Å²) in [5, 5.41) is 0. The number of allylic oxidation sites excluding steroid dienone is 6. The van der Waals surface area contributed by atoms with Gasteiger partial charge in [-0.05, 0) is 81.5 Å². The van der Waals surface area contributed by atoms with E-state index in [1.54, 1.807) is 5.57 Å². The lowest BCUT2D eigenvalue weighted by Gasteiger charge is -2.28. The second-order valence-corrected chi connectivity index (χ2v) is 9.05. The minimum absolute atomic E-state index is 0. The van der Waals surface area contributed by atoms with Gasteiger partial charge in [-0.3, -0.25) is 0 Å². The highest BCUT2D eigenvalue weighted by atomic mass is 14.3. The van der Waals surface area contributed by atoms with Gasteiger partial charge < -0.3 is 0 Å². The molecule has 0 aromatic carbocycles. The minimum Gasteiger partial charge on any atom is -0.106 e. The van der Waals surface area contributed by atoms with Crippen LogP contribution in [0.25, 0.3) is 0 Å². The molecule has 1 atom stereocenters. The fraction of sp³-hybridized carbons (Fsp3) is 0.724. The monoisotopic (exact) mass is 402 g/mol. The van der Waals surface area contributed by atoms with Crippen LogP contribution in [-0.4, -0.2) is 0 Å². The summed E-state index contributed by atoms with van der Waals surface area (Å²) in [7, 11) is 0. The Morgan fingerprint density at radius 1 is 1.07 bits per heavy atom. The molecule has 0 aromatic rings. The van der Waals surface area contributed by atoms with Crippen molar-refractivity contribution in [2.45, 2.75) is 113 Å². The molecule has 0 N–H and O–H groups in total. The molecule has 0 amide bonds. The molecule has 0 bridgehead atoms. The van der Waals surface area contributed by atoms with E-state index in [1.165, 1.54) is 64.2 Å². The first-order chi connectivity index (χ1) is 13.5. The predicted molar refractivity (Wildman–Crippen MR) is 137 cm³/mol. The molecule has 0 heterocycles. The highest BCUT2D eigenvalue weighted by molar-refractivity contribution is 5.14. The molecule has 1 unspecified atom stereocenters. The molecule has 3 aliphatic carbocycles. The van der Waals surface area contributed by atoms with E-state index in [4.69, 9.17) is 0 Å². The Labute approximate surface area is 185 Å². The van der Waals surface area contributed by atoms with E-state index < -0.39 is 0 Å². The second kappa shape index (κ2) is 17.8. The fourth-order valence-electron chi connectivity index (χ4n) is 4.72. The molecule has 3 aliphatic rings. The lowest BCUT2D eigenvalue weighted by Crippen LogP contribution is -2.14. The van der Waals surface area contributed by atoms with Gasteiger partial charge in [0.25, 0.3) is 0 Å². The van der Waals surface area contributed by atoms with Crippen molar-refractivity contribution in [2.24, 2.45) is 23.2 Å². The Kier molecular flexibility index (Phi) is 18.5. The average molecular weight is 403 g/mol. The van der Waals surface area contributed by atoms with E-state index in [1.807, 2.05) is 13.8 Å². The molecular weight excluding hydrogens is 348 g/mol. The SMILES string of the molecule is C.C/C=C/C1C=C(CC2(C)CCCC2)CCC1.C=C.CC.CC(C)C1CC=CC1. The summed E-state index contributed by atoms with van der Waals surface area (Å²) in [5.41, 5.74) is 2.39. The highest BCUT2D eigenvalue weighted by Gasteiger charge is 2.30. The van der Waals surface area contributed by atoms with E-state index in [0.29, 0.717) is 5.41 Å². The van der Waals surface area contributed by atoms with E-state index >= 15 is 0 Å². The van der Waals surface area contributed by atoms with Gasteiger partial charge in [0.15, 0.2) is 0 Å².